The molecule has 1 aromatic carbocycles. The maximum Gasteiger partial charge on any atom is 0.128 e. The van der Waals surface area contributed by atoms with E-state index >= 15 is 0 Å². The SMILES string of the molecule is COC1(C(N)c2c(C)cc(C)cc2F)CCC(C)(C)CC1. The first-order valence-electron chi connectivity index (χ1n) is 7.78. The second-order valence-corrected chi connectivity index (χ2v) is 7.39. The Morgan fingerprint density at radius 2 is 1.71 bits per heavy atom. The van der Waals surface area contributed by atoms with Crippen LogP contribution in [0.25, 0.3) is 0 Å². The minimum absolute atomic E-state index is 0.207. The first kappa shape index (κ1) is 16.4. The monoisotopic (exact) mass is 293 g/mol. The van der Waals surface area contributed by atoms with Crippen molar-refractivity contribution in [2.75, 3.05) is 7.11 Å². The predicted octanol–water partition coefficient (Wildman–Crippen LogP) is 4.43. The van der Waals surface area contributed by atoms with Crippen LogP contribution in [0.5, 0.6) is 0 Å². The molecule has 1 aromatic rings. The molecule has 118 valence electrons. The number of hydrogen-bond donors (Lipinski definition) is 1. The molecule has 0 saturated heterocycles. The van der Waals surface area contributed by atoms with Crippen LogP contribution in [0.15, 0.2) is 12.1 Å². The lowest BCUT2D eigenvalue weighted by Gasteiger charge is -2.46. The van der Waals surface area contributed by atoms with Crippen molar-refractivity contribution < 1.29 is 9.13 Å². The predicted molar refractivity (Wildman–Crippen MR) is 84.8 cm³/mol. The van der Waals surface area contributed by atoms with Gasteiger partial charge in [0.25, 0.3) is 0 Å². The van der Waals surface area contributed by atoms with E-state index in [2.05, 4.69) is 13.8 Å². The number of methoxy groups -OCH3 is 1. The smallest absolute Gasteiger partial charge is 0.128 e. The van der Waals surface area contributed by atoms with Crippen molar-refractivity contribution in [1.29, 1.82) is 0 Å². The van der Waals surface area contributed by atoms with Gasteiger partial charge in [0, 0.05) is 12.7 Å². The second kappa shape index (κ2) is 5.69. The zero-order valence-electron chi connectivity index (χ0n) is 13.9. The van der Waals surface area contributed by atoms with Crippen LogP contribution < -0.4 is 5.73 Å². The number of halogens is 1. The lowest BCUT2D eigenvalue weighted by atomic mass is 9.67. The molecule has 1 saturated carbocycles. The van der Waals surface area contributed by atoms with Crippen LogP contribution in [0.2, 0.25) is 0 Å². The summed E-state index contributed by atoms with van der Waals surface area (Å²) in [6, 6.07) is 3.14. The summed E-state index contributed by atoms with van der Waals surface area (Å²) in [4.78, 5) is 0. The Labute approximate surface area is 127 Å². The molecule has 21 heavy (non-hydrogen) atoms. The van der Waals surface area contributed by atoms with Crippen molar-refractivity contribution in [2.45, 2.75) is 65.0 Å². The molecular formula is C18H28FNO. The van der Waals surface area contributed by atoms with Crippen LogP contribution in [-0.2, 0) is 4.74 Å². The van der Waals surface area contributed by atoms with Gasteiger partial charge in [0.1, 0.15) is 5.82 Å². The van der Waals surface area contributed by atoms with Crippen LogP contribution in [0, 0.1) is 25.1 Å². The van der Waals surface area contributed by atoms with E-state index in [-0.39, 0.29) is 5.82 Å². The summed E-state index contributed by atoms with van der Waals surface area (Å²) in [6.07, 6.45) is 3.87. The molecule has 1 fully saturated rings. The summed E-state index contributed by atoms with van der Waals surface area (Å²) in [5, 5.41) is 0. The van der Waals surface area contributed by atoms with Crippen LogP contribution in [0.1, 0.15) is 62.3 Å². The number of aryl methyl sites for hydroxylation is 2. The van der Waals surface area contributed by atoms with Gasteiger partial charge in [-0.1, -0.05) is 19.9 Å². The van der Waals surface area contributed by atoms with Gasteiger partial charge >= 0.3 is 0 Å². The Balaban J connectivity index is 2.36. The highest BCUT2D eigenvalue weighted by molar-refractivity contribution is 5.36. The zero-order valence-corrected chi connectivity index (χ0v) is 13.9. The van der Waals surface area contributed by atoms with E-state index in [1.54, 1.807) is 13.2 Å². The zero-order chi connectivity index (χ0) is 15.8. The molecule has 1 atom stereocenters. The van der Waals surface area contributed by atoms with Crippen molar-refractivity contribution in [3.63, 3.8) is 0 Å². The quantitative estimate of drug-likeness (QED) is 0.895. The molecule has 1 aliphatic carbocycles. The number of rotatable bonds is 3. The van der Waals surface area contributed by atoms with Gasteiger partial charge in [0.2, 0.25) is 0 Å². The van der Waals surface area contributed by atoms with Crippen molar-refractivity contribution >= 4 is 0 Å². The summed E-state index contributed by atoms with van der Waals surface area (Å²) in [7, 11) is 1.71. The number of benzene rings is 1. The lowest BCUT2D eigenvalue weighted by molar-refractivity contribution is -0.0801. The van der Waals surface area contributed by atoms with Crippen molar-refractivity contribution in [2.24, 2.45) is 11.1 Å². The van der Waals surface area contributed by atoms with Gasteiger partial charge in [0.05, 0.1) is 11.6 Å². The maximum atomic E-state index is 14.4. The standard InChI is InChI=1S/C18H28FNO/c1-12-10-13(2)15(14(19)11-12)16(20)18(21-5)8-6-17(3,4)7-9-18/h10-11,16H,6-9,20H2,1-5H3. The molecule has 0 spiro atoms. The molecule has 2 nitrogen and oxygen atoms in total. The normalized spacial score (nSPS) is 22.0. The van der Waals surface area contributed by atoms with E-state index in [0.29, 0.717) is 11.0 Å². The maximum absolute atomic E-state index is 14.4. The van der Waals surface area contributed by atoms with Crippen molar-refractivity contribution in [1.82, 2.24) is 0 Å². The summed E-state index contributed by atoms with van der Waals surface area (Å²) in [5.74, 6) is -0.207. The first-order chi connectivity index (χ1) is 9.71. The average molecular weight is 293 g/mol. The van der Waals surface area contributed by atoms with Crippen LogP contribution in [-0.4, -0.2) is 12.7 Å². The van der Waals surface area contributed by atoms with E-state index in [1.165, 1.54) is 0 Å². The molecule has 0 aliphatic heterocycles. The molecule has 0 amide bonds. The van der Waals surface area contributed by atoms with Gasteiger partial charge in [-0.05, 0) is 62.1 Å². The number of ether oxygens (including phenoxy) is 1. The molecular weight excluding hydrogens is 265 g/mol. The molecule has 0 heterocycles. The fourth-order valence-electron chi connectivity index (χ4n) is 3.58. The first-order valence-corrected chi connectivity index (χ1v) is 7.78. The van der Waals surface area contributed by atoms with Gasteiger partial charge in [-0.3, -0.25) is 0 Å². The summed E-state index contributed by atoms with van der Waals surface area (Å²) < 4.78 is 20.3. The van der Waals surface area contributed by atoms with Crippen molar-refractivity contribution in [3.05, 3.63) is 34.6 Å². The van der Waals surface area contributed by atoms with Crippen LogP contribution in [0.4, 0.5) is 4.39 Å². The van der Waals surface area contributed by atoms with Gasteiger partial charge in [-0.2, -0.15) is 0 Å². The van der Waals surface area contributed by atoms with Crippen LogP contribution in [0.3, 0.4) is 0 Å². The molecule has 2 N–H and O–H groups in total. The van der Waals surface area contributed by atoms with E-state index in [9.17, 15) is 4.39 Å². The minimum atomic E-state index is -0.448. The Morgan fingerprint density at radius 3 is 2.19 bits per heavy atom. The molecule has 1 unspecified atom stereocenters. The number of hydrogen-bond acceptors (Lipinski definition) is 2. The minimum Gasteiger partial charge on any atom is -0.376 e. The Morgan fingerprint density at radius 1 is 1.14 bits per heavy atom. The average Bonchev–Trinajstić information content (AvgIpc) is 2.38. The molecule has 0 bridgehead atoms. The highest BCUT2D eigenvalue weighted by Crippen LogP contribution is 2.47. The Kier molecular flexibility index (Phi) is 4.46. The number of nitrogens with two attached hydrogens (primary N) is 1. The Bertz CT molecular complexity index is 491. The molecule has 2 rings (SSSR count). The topological polar surface area (TPSA) is 35.2 Å². The third-order valence-electron chi connectivity index (χ3n) is 5.21. The van der Waals surface area contributed by atoms with E-state index in [1.807, 2.05) is 19.9 Å². The van der Waals surface area contributed by atoms with Gasteiger partial charge < -0.3 is 10.5 Å². The molecule has 0 radical (unpaired) electrons. The molecule has 0 aromatic heterocycles. The molecule has 3 heteroatoms. The van der Waals surface area contributed by atoms with E-state index in [4.69, 9.17) is 10.5 Å². The summed E-state index contributed by atoms with van der Waals surface area (Å²) in [6.45, 7) is 8.38. The summed E-state index contributed by atoms with van der Waals surface area (Å²) >= 11 is 0. The van der Waals surface area contributed by atoms with Gasteiger partial charge in [-0.25, -0.2) is 4.39 Å². The third-order valence-corrected chi connectivity index (χ3v) is 5.21. The fourth-order valence-corrected chi connectivity index (χ4v) is 3.58. The second-order valence-electron chi connectivity index (χ2n) is 7.39. The fraction of sp³-hybridized carbons (Fsp3) is 0.667. The van der Waals surface area contributed by atoms with Gasteiger partial charge in [0.15, 0.2) is 0 Å². The van der Waals surface area contributed by atoms with E-state index in [0.717, 1.165) is 36.8 Å². The largest absolute Gasteiger partial charge is 0.376 e. The van der Waals surface area contributed by atoms with Crippen molar-refractivity contribution in [3.8, 4) is 0 Å². The van der Waals surface area contributed by atoms with E-state index < -0.39 is 11.6 Å². The van der Waals surface area contributed by atoms with Crippen LogP contribution >= 0.6 is 0 Å². The Hall–Kier alpha value is -0.930. The lowest BCUT2D eigenvalue weighted by Crippen LogP contribution is -2.47. The highest BCUT2D eigenvalue weighted by Gasteiger charge is 2.44. The molecule has 1 aliphatic rings. The third kappa shape index (κ3) is 3.14. The summed E-state index contributed by atoms with van der Waals surface area (Å²) in [5.41, 5.74) is 8.82. The van der Waals surface area contributed by atoms with Gasteiger partial charge in [-0.15, -0.1) is 0 Å². The highest BCUT2D eigenvalue weighted by atomic mass is 19.1.